The van der Waals surface area contributed by atoms with Crippen molar-refractivity contribution in [3.63, 3.8) is 0 Å². The maximum atomic E-state index is 12.6. The first-order valence-electron chi connectivity index (χ1n) is 8.49. The molecule has 1 unspecified atom stereocenters. The lowest BCUT2D eigenvalue weighted by molar-refractivity contribution is -0.132. The third-order valence-electron chi connectivity index (χ3n) is 4.57. The number of nitrogens with zero attached hydrogens (tertiary/aromatic N) is 3. The Bertz CT molecular complexity index is 850. The van der Waals surface area contributed by atoms with Crippen LogP contribution in [0.15, 0.2) is 24.3 Å². The summed E-state index contributed by atoms with van der Waals surface area (Å²) in [6, 6.07) is 7.08. The summed E-state index contributed by atoms with van der Waals surface area (Å²) in [4.78, 5) is 41.7. The Morgan fingerprint density at radius 1 is 1.31 bits per heavy atom. The van der Waals surface area contributed by atoms with E-state index in [-0.39, 0.29) is 18.0 Å². The Morgan fingerprint density at radius 3 is 2.81 bits per heavy atom. The first kappa shape index (κ1) is 18.3. The van der Waals surface area contributed by atoms with E-state index in [2.05, 4.69) is 14.9 Å². The van der Waals surface area contributed by atoms with Gasteiger partial charge in [-0.1, -0.05) is 12.1 Å². The molecule has 2 atom stereocenters. The summed E-state index contributed by atoms with van der Waals surface area (Å²) in [6.07, 6.45) is 0.664. The van der Waals surface area contributed by atoms with E-state index in [1.54, 1.807) is 4.90 Å². The Hall–Kier alpha value is -2.47. The van der Waals surface area contributed by atoms with Gasteiger partial charge in [-0.05, 0) is 25.2 Å². The summed E-state index contributed by atoms with van der Waals surface area (Å²) in [6.45, 7) is 3.68. The molecule has 3 N–H and O–H groups in total. The fraction of sp³-hybridized carbons (Fsp3) is 0.412. The van der Waals surface area contributed by atoms with Crippen molar-refractivity contribution in [3.05, 3.63) is 30.1 Å². The van der Waals surface area contributed by atoms with Crippen molar-refractivity contribution in [3.8, 4) is 0 Å². The Balaban J connectivity index is 1.60. The van der Waals surface area contributed by atoms with Gasteiger partial charge in [0.05, 0.1) is 23.2 Å². The lowest BCUT2D eigenvalue weighted by Gasteiger charge is -2.28. The number of nitrogens with one attached hydrogen (secondary N) is 1. The van der Waals surface area contributed by atoms with Crippen LogP contribution in [-0.2, 0) is 22.7 Å². The number of amides is 4. The summed E-state index contributed by atoms with van der Waals surface area (Å²) in [5.41, 5.74) is 6.63. The molecule has 138 valence electrons. The van der Waals surface area contributed by atoms with Crippen LogP contribution in [0.3, 0.4) is 0 Å². The van der Waals surface area contributed by atoms with E-state index >= 15 is 0 Å². The molecule has 1 aliphatic rings. The number of hydrogen-bond donors (Lipinski definition) is 2. The van der Waals surface area contributed by atoms with Crippen LogP contribution < -0.4 is 11.1 Å². The highest BCUT2D eigenvalue weighted by atomic mass is 31.1. The highest BCUT2D eigenvalue weighted by Gasteiger charge is 2.25. The number of primary amides is 1. The van der Waals surface area contributed by atoms with E-state index in [1.807, 2.05) is 30.9 Å². The first-order chi connectivity index (χ1) is 12.5. The molecule has 2 aromatic rings. The highest BCUT2D eigenvalue weighted by molar-refractivity contribution is 7.39. The minimum atomic E-state index is -0.862. The molecular weight excluding hydrogens is 353 g/mol. The minimum Gasteiger partial charge on any atom is -0.351 e. The van der Waals surface area contributed by atoms with Crippen molar-refractivity contribution in [2.75, 3.05) is 13.2 Å². The van der Waals surface area contributed by atoms with E-state index in [9.17, 15) is 14.4 Å². The van der Waals surface area contributed by atoms with Gasteiger partial charge in [0.1, 0.15) is 5.82 Å². The molecule has 0 radical (unpaired) electrons. The Kier molecular flexibility index (Phi) is 5.52. The fourth-order valence-electron chi connectivity index (χ4n) is 3.22. The van der Waals surface area contributed by atoms with Crippen molar-refractivity contribution in [2.45, 2.75) is 31.6 Å². The van der Waals surface area contributed by atoms with E-state index in [0.29, 0.717) is 34.6 Å². The number of imide groups is 1. The molecule has 0 bridgehead atoms. The highest BCUT2D eigenvalue weighted by Crippen LogP contribution is 2.23. The molecular formula is C17H22N5O3P. The number of carbonyl (C=O) groups is 3. The monoisotopic (exact) mass is 375 g/mol. The molecule has 0 saturated heterocycles. The van der Waals surface area contributed by atoms with Gasteiger partial charge in [-0.2, -0.15) is 0 Å². The summed E-state index contributed by atoms with van der Waals surface area (Å²) in [5.74, 6) is 0.469. The third kappa shape index (κ3) is 3.85. The summed E-state index contributed by atoms with van der Waals surface area (Å²) in [7, 11) is 0.294. The van der Waals surface area contributed by atoms with Gasteiger partial charge < -0.3 is 15.2 Å². The molecule has 26 heavy (non-hydrogen) atoms. The van der Waals surface area contributed by atoms with Gasteiger partial charge in [0.25, 0.3) is 0 Å². The Morgan fingerprint density at radius 2 is 2.08 bits per heavy atom. The molecule has 3 rings (SSSR count). The topological polar surface area (TPSA) is 110 Å². The van der Waals surface area contributed by atoms with Crippen molar-refractivity contribution >= 4 is 37.5 Å². The van der Waals surface area contributed by atoms with Gasteiger partial charge >= 0.3 is 6.03 Å². The van der Waals surface area contributed by atoms with Crippen molar-refractivity contribution in [1.82, 2.24) is 19.8 Å². The van der Waals surface area contributed by atoms with Crippen LogP contribution in [-0.4, -0.2) is 51.2 Å². The molecule has 1 aliphatic heterocycles. The minimum absolute atomic E-state index is 0.00145. The van der Waals surface area contributed by atoms with Crippen LogP contribution in [0.2, 0.25) is 0 Å². The average molecular weight is 375 g/mol. The van der Waals surface area contributed by atoms with E-state index in [1.165, 1.54) is 0 Å². The number of imidazole rings is 1. The predicted octanol–water partition coefficient (Wildman–Crippen LogP) is 1.03. The second-order valence-electron chi connectivity index (χ2n) is 6.22. The van der Waals surface area contributed by atoms with Gasteiger partial charge in [0.2, 0.25) is 11.8 Å². The predicted molar refractivity (Wildman–Crippen MR) is 100 cm³/mol. The quantitative estimate of drug-likeness (QED) is 0.761. The van der Waals surface area contributed by atoms with Gasteiger partial charge in [-0.25, -0.2) is 9.78 Å². The molecule has 1 aromatic heterocycles. The summed E-state index contributed by atoms with van der Waals surface area (Å²) >= 11 is 0. The molecule has 1 aromatic carbocycles. The number of aromatic nitrogens is 2. The standard InChI is InChI=1S/C17H22N5O3P/c1-26-13(16(24)20-17(18)25)6-7-15(23)21-8-9-22-12-5-3-2-4-11(12)19-14(22)10-21/h2-5,13,26H,6-10H2,1H3,(H3,18,20,24,25)/t13-/m0/s1. The van der Waals surface area contributed by atoms with Crippen LogP contribution in [0.1, 0.15) is 18.7 Å². The van der Waals surface area contributed by atoms with Crippen LogP contribution >= 0.6 is 8.58 Å². The zero-order valence-corrected chi connectivity index (χ0v) is 15.6. The largest absolute Gasteiger partial charge is 0.351 e. The number of hydrogen-bond acceptors (Lipinski definition) is 4. The van der Waals surface area contributed by atoms with Gasteiger partial charge in [0.15, 0.2) is 0 Å². The number of rotatable bonds is 5. The van der Waals surface area contributed by atoms with Gasteiger partial charge in [-0.15, -0.1) is 8.58 Å². The molecule has 8 nitrogen and oxygen atoms in total. The summed E-state index contributed by atoms with van der Waals surface area (Å²) < 4.78 is 2.15. The van der Waals surface area contributed by atoms with Crippen LogP contribution in [0.4, 0.5) is 4.79 Å². The molecule has 0 aliphatic carbocycles. The molecule has 4 amide bonds. The van der Waals surface area contributed by atoms with E-state index in [0.717, 1.165) is 16.9 Å². The number of nitrogens with two attached hydrogens (primary N) is 1. The van der Waals surface area contributed by atoms with Crippen LogP contribution in [0, 0.1) is 0 Å². The maximum absolute atomic E-state index is 12.6. The number of fused-ring (bicyclic) bond motifs is 3. The second-order valence-corrected chi connectivity index (χ2v) is 7.49. The lowest BCUT2D eigenvalue weighted by Crippen LogP contribution is -2.41. The second kappa shape index (κ2) is 7.83. The molecule has 0 fully saturated rings. The van der Waals surface area contributed by atoms with Gasteiger partial charge in [-0.3, -0.25) is 14.9 Å². The van der Waals surface area contributed by atoms with Crippen LogP contribution in [0.5, 0.6) is 0 Å². The third-order valence-corrected chi connectivity index (χ3v) is 5.82. The average Bonchev–Trinajstić information content (AvgIpc) is 2.99. The SMILES string of the molecule is CP[C@@H](CCC(=O)N1CCn2c(nc3ccccc32)C1)C(=O)NC(N)=O. The molecule has 0 saturated carbocycles. The molecule has 0 spiro atoms. The number of urea groups is 1. The van der Waals surface area contributed by atoms with Gasteiger partial charge in [0, 0.05) is 19.5 Å². The van der Waals surface area contributed by atoms with Crippen LogP contribution in [0.25, 0.3) is 11.0 Å². The normalized spacial score (nSPS) is 15.2. The number of carbonyl (C=O) groups excluding carboxylic acids is 3. The van der Waals surface area contributed by atoms with Crippen molar-refractivity contribution < 1.29 is 14.4 Å². The molecule has 9 heteroatoms. The Labute approximate surface area is 152 Å². The zero-order valence-electron chi connectivity index (χ0n) is 14.6. The maximum Gasteiger partial charge on any atom is 0.318 e. The van der Waals surface area contributed by atoms with E-state index < -0.39 is 11.9 Å². The zero-order chi connectivity index (χ0) is 18.7. The smallest absolute Gasteiger partial charge is 0.318 e. The number of benzene rings is 1. The van der Waals surface area contributed by atoms with Crippen molar-refractivity contribution in [1.29, 1.82) is 0 Å². The molecule has 2 heterocycles. The lowest BCUT2D eigenvalue weighted by atomic mass is 10.2. The number of para-hydroxylation sites is 2. The fourth-order valence-corrected chi connectivity index (χ4v) is 3.99. The van der Waals surface area contributed by atoms with E-state index in [4.69, 9.17) is 5.73 Å². The first-order valence-corrected chi connectivity index (χ1v) is 10.1. The summed E-state index contributed by atoms with van der Waals surface area (Å²) in [5, 5.41) is 2.09. The van der Waals surface area contributed by atoms with Crippen molar-refractivity contribution in [2.24, 2.45) is 5.73 Å².